The maximum atomic E-state index is 4.70. The first-order valence-corrected chi connectivity index (χ1v) is 8.50. The molecule has 0 aliphatic carbocycles. The summed E-state index contributed by atoms with van der Waals surface area (Å²) in [6, 6.07) is 6.21. The van der Waals surface area contributed by atoms with E-state index in [4.69, 9.17) is 4.98 Å². The lowest BCUT2D eigenvalue weighted by Crippen LogP contribution is -2.07. The molecule has 5 heteroatoms. The Balaban J connectivity index is 2.55. The number of aryl methyl sites for hydroxylation is 2. The molecule has 0 bridgehead atoms. The average molecular weight is 446 g/mol. The highest BCUT2D eigenvalue weighted by Crippen LogP contribution is 2.27. The molecule has 0 fully saturated rings. The van der Waals surface area contributed by atoms with Gasteiger partial charge in [-0.2, -0.15) is 0 Å². The average Bonchev–Trinajstić information content (AvgIpc) is 2.44. The van der Waals surface area contributed by atoms with E-state index in [9.17, 15) is 0 Å². The van der Waals surface area contributed by atoms with Crippen LogP contribution in [-0.4, -0.2) is 16.5 Å². The van der Waals surface area contributed by atoms with Gasteiger partial charge in [-0.15, -0.1) is 0 Å². The zero-order chi connectivity index (χ0) is 14.7. The van der Waals surface area contributed by atoms with Gasteiger partial charge in [-0.1, -0.05) is 28.9 Å². The summed E-state index contributed by atoms with van der Waals surface area (Å²) in [7, 11) is 0. The summed E-state index contributed by atoms with van der Waals surface area (Å²) < 4.78 is 2.22. The van der Waals surface area contributed by atoms with E-state index in [0.717, 1.165) is 43.9 Å². The summed E-state index contributed by atoms with van der Waals surface area (Å²) in [5, 5.41) is 3.32. The molecule has 0 radical (unpaired) electrons. The Labute approximate surface area is 141 Å². The number of anilines is 1. The third kappa shape index (κ3) is 3.31. The molecule has 0 saturated carbocycles. The smallest absolute Gasteiger partial charge is 0.161 e. The van der Waals surface area contributed by atoms with Crippen LogP contribution >= 0.6 is 38.5 Å². The van der Waals surface area contributed by atoms with E-state index in [1.807, 2.05) is 6.07 Å². The molecule has 0 atom stereocenters. The molecule has 2 rings (SSSR count). The summed E-state index contributed by atoms with van der Waals surface area (Å²) in [4.78, 5) is 9.37. The normalized spacial score (nSPS) is 10.7. The van der Waals surface area contributed by atoms with E-state index in [0.29, 0.717) is 0 Å². The Morgan fingerprint density at radius 1 is 1.25 bits per heavy atom. The third-order valence-corrected chi connectivity index (χ3v) is 5.04. The van der Waals surface area contributed by atoms with E-state index in [1.165, 1.54) is 5.56 Å². The first kappa shape index (κ1) is 15.7. The second-order valence-corrected chi connectivity index (χ2v) is 6.44. The molecule has 3 nitrogen and oxygen atoms in total. The molecule has 0 aliphatic rings. The Morgan fingerprint density at radius 3 is 2.60 bits per heavy atom. The number of aromatic nitrogens is 2. The highest BCUT2D eigenvalue weighted by molar-refractivity contribution is 14.1. The van der Waals surface area contributed by atoms with E-state index in [1.54, 1.807) is 0 Å². The lowest BCUT2D eigenvalue weighted by atomic mass is 10.1. The van der Waals surface area contributed by atoms with Crippen LogP contribution in [0.5, 0.6) is 0 Å². The van der Waals surface area contributed by atoms with Crippen molar-refractivity contribution < 1.29 is 0 Å². The van der Waals surface area contributed by atoms with E-state index >= 15 is 0 Å². The molecule has 0 unspecified atom stereocenters. The number of halogens is 2. The van der Waals surface area contributed by atoms with Crippen molar-refractivity contribution >= 4 is 44.3 Å². The first-order chi connectivity index (χ1) is 9.56. The van der Waals surface area contributed by atoms with Gasteiger partial charge in [0.2, 0.25) is 0 Å². The van der Waals surface area contributed by atoms with Crippen molar-refractivity contribution in [2.45, 2.75) is 27.2 Å². The number of hydrogen-bond donors (Lipinski definition) is 1. The van der Waals surface area contributed by atoms with E-state index in [-0.39, 0.29) is 0 Å². The highest BCUT2D eigenvalue weighted by Gasteiger charge is 2.12. The summed E-state index contributed by atoms with van der Waals surface area (Å²) in [6.07, 6.45) is 0.904. The standard InChI is InChI=1S/C15H17BrIN3/c1-4-12-13(17)15(18-5-2)20-14(19-12)10-6-7-11(16)9(3)8-10/h6-8H,4-5H2,1-3H3,(H,18,19,20). The Bertz CT molecular complexity index is 629. The molecular formula is C15H17BrIN3. The molecule has 1 aromatic heterocycles. The third-order valence-electron chi connectivity index (χ3n) is 3.02. The Morgan fingerprint density at radius 2 is 2.00 bits per heavy atom. The fraction of sp³-hybridized carbons (Fsp3) is 0.333. The largest absolute Gasteiger partial charge is 0.369 e. The van der Waals surface area contributed by atoms with Crippen LogP contribution in [0, 0.1) is 10.5 Å². The van der Waals surface area contributed by atoms with Crippen molar-refractivity contribution in [1.82, 2.24) is 9.97 Å². The fourth-order valence-corrected chi connectivity index (χ4v) is 2.99. The van der Waals surface area contributed by atoms with E-state index < -0.39 is 0 Å². The van der Waals surface area contributed by atoms with Gasteiger partial charge in [0.15, 0.2) is 5.82 Å². The van der Waals surface area contributed by atoms with Crippen molar-refractivity contribution in [3.05, 3.63) is 37.5 Å². The van der Waals surface area contributed by atoms with Gasteiger partial charge in [0, 0.05) is 16.6 Å². The van der Waals surface area contributed by atoms with Gasteiger partial charge < -0.3 is 5.32 Å². The molecule has 2 aromatic rings. The maximum absolute atomic E-state index is 4.70. The van der Waals surface area contributed by atoms with Crippen LogP contribution in [0.4, 0.5) is 5.82 Å². The topological polar surface area (TPSA) is 37.8 Å². The second-order valence-electron chi connectivity index (χ2n) is 4.50. The molecule has 0 amide bonds. The lowest BCUT2D eigenvalue weighted by Gasteiger charge is -2.12. The quantitative estimate of drug-likeness (QED) is 0.686. The minimum absolute atomic E-state index is 0.786. The Kier molecular flexibility index (Phi) is 5.37. The number of benzene rings is 1. The summed E-state index contributed by atoms with van der Waals surface area (Å²) in [5.41, 5.74) is 3.33. The lowest BCUT2D eigenvalue weighted by molar-refractivity contribution is 0.982. The first-order valence-electron chi connectivity index (χ1n) is 6.63. The highest BCUT2D eigenvalue weighted by atomic mass is 127. The van der Waals surface area contributed by atoms with Crippen LogP contribution in [0.15, 0.2) is 22.7 Å². The molecule has 20 heavy (non-hydrogen) atoms. The number of nitrogens with one attached hydrogen (secondary N) is 1. The molecule has 0 saturated heterocycles. The molecule has 1 aromatic carbocycles. The number of rotatable bonds is 4. The molecule has 1 heterocycles. The predicted molar refractivity (Wildman–Crippen MR) is 96.2 cm³/mol. The van der Waals surface area contributed by atoms with Crippen molar-refractivity contribution in [2.75, 3.05) is 11.9 Å². The SMILES string of the molecule is CCNc1nc(-c2ccc(Br)c(C)c2)nc(CC)c1I. The monoisotopic (exact) mass is 445 g/mol. The van der Waals surface area contributed by atoms with Crippen LogP contribution in [-0.2, 0) is 6.42 Å². The maximum Gasteiger partial charge on any atom is 0.161 e. The Hall–Kier alpha value is -0.690. The second kappa shape index (κ2) is 6.85. The van der Waals surface area contributed by atoms with Gasteiger partial charge in [-0.05, 0) is 60.6 Å². The van der Waals surface area contributed by atoms with Crippen molar-refractivity contribution in [3.8, 4) is 11.4 Å². The van der Waals surface area contributed by atoms with Crippen molar-refractivity contribution in [3.63, 3.8) is 0 Å². The van der Waals surface area contributed by atoms with Crippen molar-refractivity contribution in [1.29, 1.82) is 0 Å². The van der Waals surface area contributed by atoms with Crippen LogP contribution in [0.1, 0.15) is 25.1 Å². The molecule has 1 N–H and O–H groups in total. The van der Waals surface area contributed by atoms with Gasteiger partial charge in [0.25, 0.3) is 0 Å². The van der Waals surface area contributed by atoms with Gasteiger partial charge in [-0.25, -0.2) is 9.97 Å². The molecule has 106 valence electrons. The van der Waals surface area contributed by atoms with Crippen LogP contribution in [0.25, 0.3) is 11.4 Å². The van der Waals surface area contributed by atoms with Gasteiger partial charge in [0.1, 0.15) is 5.82 Å². The number of nitrogens with zero attached hydrogens (tertiary/aromatic N) is 2. The van der Waals surface area contributed by atoms with Crippen LogP contribution in [0.3, 0.4) is 0 Å². The minimum Gasteiger partial charge on any atom is -0.369 e. The summed E-state index contributed by atoms with van der Waals surface area (Å²) in [5.74, 6) is 1.71. The zero-order valence-electron chi connectivity index (χ0n) is 11.8. The number of hydrogen-bond acceptors (Lipinski definition) is 3. The molecular weight excluding hydrogens is 429 g/mol. The minimum atomic E-state index is 0.786. The van der Waals surface area contributed by atoms with Gasteiger partial charge >= 0.3 is 0 Å². The molecule has 0 aliphatic heterocycles. The van der Waals surface area contributed by atoms with Crippen LogP contribution in [0.2, 0.25) is 0 Å². The van der Waals surface area contributed by atoms with E-state index in [2.05, 4.69) is 81.7 Å². The fourth-order valence-electron chi connectivity index (χ4n) is 1.93. The zero-order valence-corrected chi connectivity index (χ0v) is 15.5. The summed E-state index contributed by atoms with van der Waals surface area (Å²) in [6.45, 7) is 7.13. The van der Waals surface area contributed by atoms with Crippen LogP contribution < -0.4 is 5.32 Å². The predicted octanol–water partition coefficient (Wildman–Crippen LogP) is 4.81. The summed E-state index contributed by atoms with van der Waals surface area (Å²) >= 11 is 5.84. The van der Waals surface area contributed by atoms with Gasteiger partial charge in [-0.3, -0.25) is 0 Å². The molecule has 0 spiro atoms. The van der Waals surface area contributed by atoms with Crippen molar-refractivity contribution in [2.24, 2.45) is 0 Å². The van der Waals surface area contributed by atoms with Gasteiger partial charge in [0.05, 0.1) is 9.26 Å².